The van der Waals surface area contributed by atoms with Crippen LogP contribution in [0.2, 0.25) is 0 Å². The molecule has 1 saturated heterocycles. The van der Waals surface area contributed by atoms with E-state index in [0.717, 1.165) is 30.8 Å². The molecule has 1 heterocycles. The van der Waals surface area contributed by atoms with Crippen LogP contribution in [-0.2, 0) is 4.74 Å². The van der Waals surface area contributed by atoms with Crippen molar-refractivity contribution in [2.75, 3.05) is 6.61 Å². The van der Waals surface area contributed by atoms with Crippen molar-refractivity contribution in [3.8, 4) is 0 Å². The van der Waals surface area contributed by atoms with Crippen LogP contribution in [-0.4, -0.2) is 24.3 Å². The molecule has 3 aliphatic rings. The van der Waals surface area contributed by atoms with Gasteiger partial charge in [0.05, 0.1) is 5.60 Å². The average Bonchev–Trinajstić information content (AvgIpc) is 2.89. The molecule has 0 amide bonds. The SMILES string of the molecule is CC(NC1CCOC(C)(C)C1)C1CC2CCC1C2. The predicted molar refractivity (Wildman–Crippen MR) is 74.6 cm³/mol. The van der Waals surface area contributed by atoms with E-state index in [9.17, 15) is 0 Å². The number of hydrogen-bond acceptors (Lipinski definition) is 2. The lowest BCUT2D eigenvalue weighted by molar-refractivity contribution is -0.0650. The van der Waals surface area contributed by atoms with Crippen molar-refractivity contribution in [1.29, 1.82) is 0 Å². The Morgan fingerprint density at radius 3 is 2.61 bits per heavy atom. The van der Waals surface area contributed by atoms with Crippen LogP contribution < -0.4 is 5.32 Å². The van der Waals surface area contributed by atoms with Gasteiger partial charge in [-0.3, -0.25) is 0 Å². The van der Waals surface area contributed by atoms with E-state index < -0.39 is 0 Å². The molecule has 0 aromatic heterocycles. The fourth-order valence-corrected chi connectivity index (χ4v) is 4.78. The molecule has 0 aromatic carbocycles. The summed E-state index contributed by atoms with van der Waals surface area (Å²) in [6.45, 7) is 7.80. The molecule has 2 bridgehead atoms. The summed E-state index contributed by atoms with van der Waals surface area (Å²) in [5.41, 5.74) is 0.0737. The fraction of sp³-hybridized carbons (Fsp3) is 1.00. The molecular weight excluding hydrogens is 222 g/mol. The van der Waals surface area contributed by atoms with Crippen LogP contribution >= 0.6 is 0 Å². The van der Waals surface area contributed by atoms with Gasteiger partial charge in [0.15, 0.2) is 0 Å². The maximum atomic E-state index is 5.81. The van der Waals surface area contributed by atoms with Gasteiger partial charge in [0.2, 0.25) is 0 Å². The monoisotopic (exact) mass is 251 g/mol. The van der Waals surface area contributed by atoms with Crippen molar-refractivity contribution in [2.24, 2.45) is 17.8 Å². The lowest BCUT2D eigenvalue weighted by Crippen LogP contribution is -2.49. The van der Waals surface area contributed by atoms with Crippen molar-refractivity contribution in [2.45, 2.75) is 77.0 Å². The Balaban J connectivity index is 1.53. The van der Waals surface area contributed by atoms with Crippen LogP contribution in [0.5, 0.6) is 0 Å². The van der Waals surface area contributed by atoms with Crippen LogP contribution in [0.1, 0.15) is 59.3 Å². The highest BCUT2D eigenvalue weighted by molar-refractivity contribution is 4.95. The second-order valence-corrected chi connectivity index (χ2v) is 7.59. The van der Waals surface area contributed by atoms with E-state index in [1.165, 1.54) is 32.1 Å². The zero-order valence-electron chi connectivity index (χ0n) is 12.2. The van der Waals surface area contributed by atoms with Crippen molar-refractivity contribution in [3.05, 3.63) is 0 Å². The van der Waals surface area contributed by atoms with Gasteiger partial charge in [-0.25, -0.2) is 0 Å². The Hall–Kier alpha value is -0.0800. The van der Waals surface area contributed by atoms with Gasteiger partial charge in [-0.05, 0) is 70.6 Å². The number of fused-ring (bicyclic) bond motifs is 2. The Bertz CT molecular complexity index is 301. The fourth-order valence-electron chi connectivity index (χ4n) is 4.78. The van der Waals surface area contributed by atoms with Crippen molar-refractivity contribution < 1.29 is 4.74 Å². The Morgan fingerprint density at radius 1 is 1.17 bits per heavy atom. The Labute approximate surface area is 112 Å². The molecule has 2 aliphatic carbocycles. The standard InChI is InChI=1S/C16H29NO/c1-11(15-9-12-4-5-13(15)8-12)17-14-6-7-18-16(2,3)10-14/h11-15,17H,4-10H2,1-3H3. The first-order valence-corrected chi connectivity index (χ1v) is 7.93. The van der Waals surface area contributed by atoms with Crippen molar-refractivity contribution >= 4 is 0 Å². The summed E-state index contributed by atoms with van der Waals surface area (Å²) in [7, 11) is 0. The highest BCUT2D eigenvalue weighted by Crippen LogP contribution is 2.49. The quantitative estimate of drug-likeness (QED) is 0.830. The first-order chi connectivity index (χ1) is 8.53. The average molecular weight is 251 g/mol. The van der Waals surface area contributed by atoms with E-state index in [4.69, 9.17) is 4.74 Å². The predicted octanol–water partition coefficient (Wildman–Crippen LogP) is 3.36. The summed E-state index contributed by atoms with van der Waals surface area (Å²) < 4.78 is 5.81. The highest BCUT2D eigenvalue weighted by Gasteiger charge is 2.42. The third kappa shape index (κ3) is 2.60. The zero-order chi connectivity index (χ0) is 12.8. The van der Waals surface area contributed by atoms with Gasteiger partial charge >= 0.3 is 0 Å². The lowest BCUT2D eigenvalue weighted by Gasteiger charge is -2.39. The summed E-state index contributed by atoms with van der Waals surface area (Å²) in [5, 5.41) is 3.92. The van der Waals surface area contributed by atoms with Gasteiger partial charge < -0.3 is 10.1 Å². The van der Waals surface area contributed by atoms with Gasteiger partial charge in [0, 0.05) is 18.7 Å². The number of nitrogens with one attached hydrogen (secondary N) is 1. The van der Waals surface area contributed by atoms with Crippen LogP contribution in [0.15, 0.2) is 0 Å². The largest absolute Gasteiger partial charge is 0.375 e. The summed E-state index contributed by atoms with van der Waals surface area (Å²) in [4.78, 5) is 0. The number of ether oxygens (including phenoxy) is 1. The number of rotatable bonds is 3. The maximum absolute atomic E-state index is 5.81. The van der Waals surface area contributed by atoms with E-state index in [0.29, 0.717) is 12.1 Å². The topological polar surface area (TPSA) is 21.3 Å². The molecule has 0 aromatic rings. The van der Waals surface area contributed by atoms with Gasteiger partial charge in [0.1, 0.15) is 0 Å². The summed E-state index contributed by atoms with van der Waals surface area (Å²) >= 11 is 0. The molecule has 1 aliphatic heterocycles. The van der Waals surface area contributed by atoms with Gasteiger partial charge in [0.25, 0.3) is 0 Å². The summed E-state index contributed by atoms with van der Waals surface area (Å²) in [6, 6.07) is 1.38. The molecule has 104 valence electrons. The first-order valence-electron chi connectivity index (χ1n) is 7.93. The van der Waals surface area contributed by atoms with Crippen molar-refractivity contribution in [3.63, 3.8) is 0 Å². The van der Waals surface area contributed by atoms with Crippen LogP contribution in [0.3, 0.4) is 0 Å². The minimum absolute atomic E-state index is 0.0737. The maximum Gasteiger partial charge on any atom is 0.0641 e. The molecule has 18 heavy (non-hydrogen) atoms. The molecule has 3 fully saturated rings. The molecule has 5 atom stereocenters. The molecule has 3 rings (SSSR count). The molecule has 5 unspecified atom stereocenters. The Kier molecular flexibility index (Phi) is 3.44. The normalized spacial score (nSPS) is 44.2. The van der Waals surface area contributed by atoms with E-state index in [1.807, 2.05) is 0 Å². The molecule has 0 spiro atoms. The van der Waals surface area contributed by atoms with E-state index in [1.54, 1.807) is 0 Å². The van der Waals surface area contributed by atoms with Gasteiger partial charge in [-0.15, -0.1) is 0 Å². The molecule has 1 N–H and O–H groups in total. The van der Waals surface area contributed by atoms with Gasteiger partial charge in [-0.1, -0.05) is 6.42 Å². The highest BCUT2D eigenvalue weighted by atomic mass is 16.5. The van der Waals surface area contributed by atoms with Crippen LogP contribution in [0, 0.1) is 17.8 Å². The first kappa shape index (κ1) is 12.9. The van der Waals surface area contributed by atoms with Crippen molar-refractivity contribution in [1.82, 2.24) is 5.32 Å². The van der Waals surface area contributed by atoms with Gasteiger partial charge in [-0.2, -0.15) is 0 Å². The smallest absolute Gasteiger partial charge is 0.0641 e. The Morgan fingerprint density at radius 2 is 2.00 bits per heavy atom. The second kappa shape index (κ2) is 4.79. The van der Waals surface area contributed by atoms with Crippen LogP contribution in [0.25, 0.3) is 0 Å². The molecule has 2 heteroatoms. The molecule has 2 saturated carbocycles. The lowest BCUT2D eigenvalue weighted by atomic mass is 9.83. The molecule has 0 radical (unpaired) electrons. The molecule has 2 nitrogen and oxygen atoms in total. The van der Waals surface area contributed by atoms with E-state index in [-0.39, 0.29) is 5.60 Å². The van der Waals surface area contributed by atoms with Crippen LogP contribution in [0.4, 0.5) is 0 Å². The summed E-state index contributed by atoms with van der Waals surface area (Å²) in [5.74, 6) is 3.05. The summed E-state index contributed by atoms with van der Waals surface area (Å²) in [6.07, 6.45) is 8.38. The molecular formula is C16H29NO. The number of hydrogen-bond donors (Lipinski definition) is 1. The third-order valence-electron chi connectivity index (χ3n) is 5.63. The third-order valence-corrected chi connectivity index (χ3v) is 5.63. The second-order valence-electron chi connectivity index (χ2n) is 7.59. The van der Waals surface area contributed by atoms with E-state index >= 15 is 0 Å². The minimum atomic E-state index is 0.0737. The minimum Gasteiger partial charge on any atom is -0.375 e. The zero-order valence-corrected chi connectivity index (χ0v) is 12.2. The van der Waals surface area contributed by atoms with E-state index in [2.05, 4.69) is 26.1 Å².